The number of nitrogens with zero attached hydrogens (tertiary/aromatic N) is 5. The molecule has 0 saturated carbocycles. The average molecular weight is 333 g/mol. The molecule has 3 rings (SSSR count). The summed E-state index contributed by atoms with van der Waals surface area (Å²) in [5, 5.41) is 25.1. The quantitative estimate of drug-likeness (QED) is 0.722. The second kappa shape index (κ2) is 6.45. The molecule has 0 unspecified atom stereocenters. The minimum absolute atomic E-state index is 0.217. The number of benzene rings is 1. The van der Waals surface area contributed by atoms with Crippen molar-refractivity contribution in [2.24, 2.45) is 0 Å². The fourth-order valence-electron chi connectivity index (χ4n) is 1.82. The van der Waals surface area contributed by atoms with Crippen molar-refractivity contribution >= 4 is 23.1 Å². The van der Waals surface area contributed by atoms with Crippen molar-refractivity contribution in [2.45, 2.75) is 30.7 Å². The van der Waals surface area contributed by atoms with E-state index in [2.05, 4.69) is 39.7 Å². The number of aromatic hydroxyl groups is 1. The maximum absolute atomic E-state index is 9.35. The van der Waals surface area contributed by atoms with E-state index < -0.39 is 0 Å². The number of thioether (sulfide) groups is 1. The summed E-state index contributed by atoms with van der Waals surface area (Å²) in [5.41, 5.74) is 1.85. The van der Waals surface area contributed by atoms with Crippen LogP contribution in [0.5, 0.6) is 5.75 Å². The van der Waals surface area contributed by atoms with E-state index in [4.69, 9.17) is 0 Å². The molecule has 8 heteroatoms. The zero-order valence-corrected chi connectivity index (χ0v) is 13.8. The summed E-state index contributed by atoms with van der Waals surface area (Å²) in [7, 11) is 0. The van der Waals surface area contributed by atoms with Gasteiger partial charge in [-0.1, -0.05) is 25.6 Å². The maximum atomic E-state index is 9.35. The Morgan fingerprint density at radius 2 is 2.05 bits per heavy atom. The van der Waals surface area contributed by atoms with E-state index in [0.29, 0.717) is 11.1 Å². The van der Waals surface area contributed by atoms with E-state index in [1.54, 1.807) is 40.3 Å². The summed E-state index contributed by atoms with van der Waals surface area (Å²) < 4.78 is 1.65. The first kappa shape index (κ1) is 15.0. The molecule has 0 fully saturated rings. The number of hydrogen-bond donors (Lipinski definition) is 1. The Morgan fingerprint density at radius 3 is 2.73 bits per heavy atom. The standard InChI is InChI=1S/C14H15N5OS2/c1-9(2)13-15-10(7-21-13)8-22-14-16-17-18-19(14)11-3-5-12(20)6-4-11/h3-7,9,20H,8H2,1-2H3. The molecule has 22 heavy (non-hydrogen) atoms. The van der Waals surface area contributed by atoms with Crippen molar-refractivity contribution in [3.63, 3.8) is 0 Å². The SMILES string of the molecule is CC(C)c1nc(CSc2nnnn2-c2ccc(O)cc2)cs1. The summed E-state index contributed by atoms with van der Waals surface area (Å²) in [6, 6.07) is 6.77. The lowest BCUT2D eigenvalue weighted by Crippen LogP contribution is -1.98. The Bertz CT molecular complexity index is 751. The number of tetrazole rings is 1. The van der Waals surface area contributed by atoms with Crippen molar-refractivity contribution in [2.75, 3.05) is 0 Å². The van der Waals surface area contributed by atoms with Gasteiger partial charge >= 0.3 is 0 Å². The van der Waals surface area contributed by atoms with Crippen molar-refractivity contribution in [3.05, 3.63) is 40.3 Å². The molecule has 0 saturated heterocycles. The summed E-state index contributed by atoms with van der Waals surface area (Å²) >= 11 is 3.23. The molecule has 114 valence electrons. The monoisotopic (exact) mass is 333 g/mol. The first-order chi connectivity index (χ1) is 10.6. The summed E-state index contributed by atoms with van der Waals surface area (Å²) in [6.45, 7) is 4.28. The lowest BCUT2D eigenvalue weighted by atomic mass is 10.2. The number of aromatic nitrogens is 5. The predicted molar refractivity (Wildman–Crippen MR) is 86.6 cm³/mol. The van der Waals surface area contributed by atoms with Crippen LogP contribution in [-0.2, 0) is 5.75 Å². The predicted octanol–water partition coefficient (Wildman–Crippen LogP) is 3.24. The zero-order chi connectivity index (χ0) is 15.5. The average Bonchev–Trinajstić information content (AvgIpc) is 3.15. The maximum Gasteiger partial charge on any atom is 0.214 e. The van der Waals surface area contributed by atoms with Gasteiger partial charge in [-0.2, -0.15) is 4.68 Å². The van der Waals surface area contributed by atoms with E-state index in [1.807, 2.05) is 0 Å². The van der Waals surface area contributed by atoms with Gasteiger partial charge in [0.15, 0.2) is 0 Å². The summed E-state index contributed by atoms with van der Waals surface area (Å²) in [5.74, 6) is 1.39. The third-order valence-corrected chi connectivity index (χ3v) is 5.09. The zero-order valence-electron chi connectivity index (χ0n) is 12.2. The van der Waals surface area contributed by atoms with Gasteiger partial charge < -0.3 is 5.11 Å². The molecule has 0 aliphatic rings. The Kier molecular flexibility index (Phi) is 4.39. The highest BCUT2D eigenvalue weighted by Gasteiger charge is 2.11. The minimum atomic E-state index is 0.217. The Morgan fingerprint density at radius 1 is 1.27 bits per heavy atom. The van der Waals surface area contributed by atoms with E-state index in [0.717, 1.165) is 22.1 Å². The molecule has 2 aromatic heterocycles. The van der Waals surface area contributed by atoms with Crippen molar-refractivity contribution < 1.29 is 5.11 Å². The van der Waals surface area contributed by atoms with Crippen LogP contribution >= 0.6 is 23.1 Å². The minimum Gasteiger partial charge on any atom is -0.508 e. The molecule has 0 amide bonds. The molecular formula is C14H15N5OS2. The fourth-order valence-corrected chi connectivity index (χ4v) is 3.54. The third kappa shape index (κ3) is 3.28. The van der Waals surface area contributed by atoms with Gasteiger partial charge in [0.25, 0.3) is 0 Å². The smallest absolute Gasteiger partial charge is 0.214 e. The van der Waals surface area contributed by atoms with Crippen LogP contribution in [0.2, 0.25) is 0 Å². The van der Waals surface area contributed by atoms with E-state index in [1.165, 1.54) is 11.8 Å². The van der Waals surface area contributed by atoms with Gasteiger partial charge in [0.2, 0.25) is 5.16 Å². The van der Waals surface area contributed by atoms with Crippen LogP contribution in [0.3, 0.4) is 0 Å². The number of phenols is 1. The molecule has 0 atom stereocenters. The molecule has 0 spiro atoms. The summed E-state index contributed by atoms with van der Waals surface area (Å²) in [6.07, 6.45) is 0. The van der Waals surface area contributed by atoms with Gasteiger partial charge in [0.05, 0.1) is 16.4 Å². The molecule has 0 radical (unpaired) electrons. The molecule has 0 bridgehead atoms. The number of hydrogen-bond acceptors (Lipinski definition) is 7. The molecule has 0 aliphatic heterocycles. The molecule has 0 aliphatic carbocycles. The molecule has 1 aromatic carbocycles. The van der Waals surface area contributed by atoms with Gasteiger partial charge in [0.1, 0.15) is 5.75 Å². The van der Waals surface area contributed by atoms with E-state index in [9.17, 15) is 5.11 Å². The highest BCUT2D eigenvalue weighted by molar-refractivity contribution is 7.98. The lowest BCUT2D eigenvalue weighted by molar-refractivity contribution is 0.475. The van der Waals surface area contributed by atoms with Crippen molar-refractivity contribution in [3.8, 4) is 11.4 Å². The number of thiazole rings is 1. The Labute approximate surface area is 136 Å². The second-order valence-electron chi connectivity index (χ2n) is 5.01. The molecular weight excluding hydrogens is 318 g/mol. The highest BCUT2D eigenvalue weighted by atomic mass is 32.2. The van der Waals surface area contributed by atoms with E-state index >= 15 is 0 Å². The van der Waals surface area contributed by atoms with Crippen molar-refractivity contribution in [1.82, 2.24) is 25.2 Å². The third-order valence-electron chi connectivity index (χ3n) is 2.95. The van der Waals surface area contributed by atoms with Gasteiger partial charge in [-0.3, -0.25) is 0 Å². The van der Waals surface area contributed by atoms with Crippen LogP contribution in [0.25, 0.3) is 5.69 Å². The van der Waals surface area contributed by atoms with Gasteiger partial charge in [-0.05, 0) is 34.7 Å². The van der Waals surface area contributed by atoms with Crippen LogP contribution in [0.15, 0.2) is 34.8 Å². The Hall–Kier alpha value is -1.93. The van der Waals surface area contributed by atoms with Crippen LogP contribution in [0, 0.1) is 0 Å². The number of rotatable bonds is 5. The normalized spacial score (nSPS) is 11.2. The van der Waals surface area contributed by atoms with Gasteiger partial charge in [-0.15, -0.1) is 16.4 Å². The van der Waals surface area contributed by atoms with Crippen molar-refractivity contribution in [1.29, 1.82) is 0 Å². The summed E-state index contributed by atoms with van der Waals surface area (Å²) in [4.78, 5) is 4.61. The lowest BCUT2D eigenvalue weighted by Gasteiger charge is -2.03. The topological polar surface area (TPSA) is 76.7 Å². The van der Waals surface area contributed by atoms with Crippen LogP contribution < -0.4 is 0 Å². The number of phenolic OH excluding ortho intramolecular Hbond substituents is 1. The van der Waals surface area contributed by atoms with Gasteiger partial charge in [-0.25, -0.2) is 4.98 Å². The van der Waals surface area contributed by atoms with Crippen LogP contribution in [0.1, 0.15) is 30.5 Å². The Balaban J connectivity index is 1.73. The van der Waals surface area contributed by atoms with E-state index in [-0.39, 0.29) is 5.75 Å². The second-order valence-corrected chi connectivity index (χ2v) is 6.84. The molecule has 2 heterocycles. The first-order valence-electron chi connectivity index (χ1n) is 6.78. The van der Waals surface area contributed by atoms with Gasteiger partial charge in [0, 0.05) is 17.1 Å². The molecule has 6 nitrogen and oxygen atoms in total. The fraction of sp³-hybridized carbons (Fsp3) is 0.286. The van der Waals surface area contributed by atoms with Crippen LogP contribution in [-0.4, -0.2) is 30.3 Å². The molecule has 1 N–H and O–H groups in total. The highest BCUT2D eigenvalue weighted by Crippen LogP contribution is 2.26. The first-order valence-corrected chi connectivity index (χ1v) is 8.65. The largest absolute Gasteiger partial charge is 0.508 e. The molecule has 3 aromatic rings. The van der Waals surface area contributed by atoms with Crippen LogP contribution in [0.4, 0.5) is 0 Å².